The highest BCUT2D eigenvalue weighted by molar-refractivity contribution is 5.92. The van der Waals surface area contributed by atoms with Crippen molar-refractivity contribution in [2.24, 2.45) is 0 Å². The van der Waals surface area contributed by atoms with Gasteiger partial charge in [-0.05, 0) is 25.8 Å². The number of ether oxygens (including phenoxy) is 2. The molecule has 3 rings (SSSR count). The molecule has 11 nitrogen and oxygen atoms in total. The van der Waals surface area contributed by atoms with Gasteiger partial charge in [-0.15, -0.1) is 0 Å². The number of nitrogens with zero attached hydrogens (tertiary/aromatic N) is 3. The summed E-state index contributed by atoms with van der Waals surface area (Å²) in [6, 6.07) is 1.35. The fraction of sp³-hybridized carbons (Fsp3) is 0.562. The first kappa shape index (κ1) is 18.7. The Morgan fingerprint density at radius 3 is 2.63 bits per heavy atom. The van der Waals surface area contributed by atoms with E-state index >= 15 is 0 Å². The van der Waals surface area contributed by atoms with Crippen LogP contribution in [0.25, 0.3) is 0 Å². The standard InChI is InChI=1S/C16H19N3O8/c1-2-25-15(21)11-9-26-16(22)18(11)10-5-7-17(8-6-10)14(20)12-3-4-13(27-12)19(23)24/h3-4,10-11H,2,5-9H2,1H3. The molecule has 2 saturated heterocycles. The fourth-order valence-electron chi connectivity index (χ4n) is 3.30. The molecule has 0 aliphatic carbocycles. The van der Waals surface area contributed by atoms with Gasteiger partial charge in [0, 0.05) is 19.1 Å². The molecule has 0 N–H and O–H groups in total. The van der Waals surface area contributed by atoms with Crippen molar-refractivity contribution in [3.8, 4) is 0 Å². The second-order valence-corrected chi connectivity index (χ2v) is 6.17. The van der Waals surface area contributed by atoms with Gasteiger partial charge < -0.3 is 18.8 Å². The predicted molar refractivity (Wildman–Crippen MR) is 87.9 cm³/mol. The molecule has 11 heteroatoms. The zero-order valence-corrected chi connectivity index (χ0v) is 14.7. The van der Waals surface area contributed by atoms with Crippen molar-refractivity contribution in [2.75, 3.05) is 26.3 Å². The molecule has 146 valence electrons. The van der Waals surface area contributed by atoms with Crippen molar-refractivity contribution in [2.45, 2.75) is 31.8 Å². The average molecular weight is 381 g/mol. The molecule has 0 saturated carbocycles. The summed E-state index contributed by atoms with van der Waals surface area (Å²) in [5.41, 5.74) is 0. The van der Waals surface area contributed by atoms with Gasteiger partial charge in [0.25, 0.3) is 5.91 Å². The molecule has 2 aliphatic heterocycles. The lowest BCUT2D eigenvalue weighted by molar-refractivity contribution is -0.402. The smallest absolute Gasteiger partial charge is 0.433 e. The Hall–Kier alpha value is -3.11. The number of furan rings is 1. The van der Waals surface area contributed by atoms with Crippen LogP contribution in [0, 0.1) is 10.1 Å². The molecule has 0 aromatic carbocycles. The number of nitro groups is 1. The van der Waals surface area contributed by atoms with Crippen LogP contribution in [0.15, 0.2) is 16.5 Å². The van der Waals surface area contributed by atoms with E-state index in [2.05, 4.69) is 0 Å². The second-order valence-electron chi connectivity index (χ2n) is 6.17. The van der Waals surface area contributed by atoms with Gasteiger partial charge in [-0.3, -0.25) is 19.8 Å². The van der Waals surface area contributed by atoms with E-state index in [4.69, 9.17) is 13.9 Å². The predicted octanol–water partition coefficient (Wildman–Crippen LogP) is 1.18. The third-order valence-corrected chi connectivity index (χ3v) is 4.60. The molecule has 2 amide bonds. The minimum absolute atomic E-state index is 0.0487. The molecule has 0 radical (unpaired) electrons. The zero-order valence-electron chi connectivity index (χ0n) is 14.7. The van der Waals surface area contributed by atoms with Crippen molar-refractivity contribution >= 4 is 23.9 Å². The number of rotatable bonds is 5. The highest BCUT2D eigenvalue weighted by atomic mass is 16.6. The first-order valence-corrected chi connectivity index (χ1v) is 8.57. The van der Waals surface area contributed by atoms with Crippen LogP contribution in [0.5, 0.6) is 0 Å². The maximum Gasteiger partial charge on any atom is 0.433 e. The van der Waals surface area contributed by atoms with Crippen molar-refractivity contribution in [3.63, 3.8) is 0 Å². The number of cyclic esters (lactones) is 1. The lowest BCUT2D eigenvalue weighted by Crippen LogP contribution is -2.52. The summed E-state index contributed by atoms with van der Waals surface area (Å²) in [6.07, 6.45) is 0.318. The number of amides is 2. The minimum atomic E-state index is -0.780. The number of hydrogen-bond donors (Lipinski definition) is 0. The number of hydrogen-bond acceptors (Lipinski definition) is 8. The molecule has 1 unspecified atom stereocenters. The summed E-state index contributed by atoms with van der Waals surface area (Å²) in [4.78, 5) is 49.3. The van der Waals surface area contributed by atoms with Crippen LogP contribution in [0.2, 0.25) is 0 Å². The van der Waals surface area contributed by atoms with Crippen LogP contribution >= 0.6 is 0 Å². The summed E-state index contributed by atoms with van der Waals surface area (Å²) in [7, 11) is 0. The SMILES string of the molecule is CCOC(=O)C1COC(=O)N1C1CCN(C(=O)c2ccc([N+](=O)[O-])o2)CC1. The van der Waals surface area contributed by atoms with Crippen LogP contribution in [0.3, 0.4) is 0 Å². The summed E-state index contributed by atoms with van der Waals surface area (Å²) in [5, 5.41) is 10.7. The van der Waals surface area contributed by atoms with Crippen molar-refractivity contribution < 1.29 is 33.2 Å². The number of piperidine rings is 1. The quantitative estimate of drug-likeness (QED) is 0.422. The first-order valence-electron chi connectivity index (χ1n) is 8.57. The second kappa shape index (κ2) is 7.64. The van der Waals surface area contributed by atoms with Crippen molar-refractivity contribution in [1.82, 2.24) is 9.80 Å². The maximum absolute atomic E-state index is 12.4. The van der Waals surface area contributed by atoms with Gasteiger partial charge in [0.2, 0.25) is 0 Å². The normalized spacial score (nSPS) is 20.5. The van der Waals surface area contributed by atoms with Gasteiger partial charge >= 0.3 is 17.9 Å². The lowest BCUT2D eigenvalue weighted by atomic mass is 10.0. The number of carbonyl (C=O) groups excluding carboxylic acids is 3. The van der Waals surface area contributed by atoms with E-state index in [1.807, 2.05) is 0 Å². The topological polar surface area (TPSA) is 132 Å². The van der Waals surface area contributed by atoms with E-state index in [9.17, 15) is 24.5 Å². The van der Waals surface area contributed by atoms with E-state index in [0.29, 0.717) is 25.9 Å². The number of esters is 1. The van der Waals surface area contributed by atoms with Crippen LogP contribution < -0.4 is 0 Å². The number of carbonyl (C=O) groups is 3. The van der Waals surface area contributed by atoms with Gasteiger partial charge in [-0.2, -0.15) is 0 Å². The molecule has 1 atom stereocenters. The first-order chi connectivity index (χ1) is 12.9. The van der Waals surface area contributed by atoms with Crippen LogP contribution in [-0.2, 0) is 14.3 Å². The average Bonchev–Trinajstić information content (AvgIpc) is 3.29. The van der Waals surface area contributed by atoms with Crippen molar-refractivity contribution in [3.05, 3.63) is 28.0 Å². The largest absolute Gasteiger partial charge is 0.464 e. The third-order valence-electron chi connectivity index (χ3n) is 4.60. The molecule has 0 bridgehead atoms. The van der Waals surface area contributed by atoms with E-state index in [1.165, 1.54) is 15.9 Å². The van der Waals surface area contributed by atoms with E-state index in [-0.39, 0.29) is 25.0 Å². The monoisotopic (exact) mass is 381 g/mol. The molecule has 0 spiro atoms. The minimum Gasteiger partial charge on any atom is -0.464 e. The molecular weight excluding hydrogens is 362 g/mol. The molecular formula is C16H19N3O8. The highest BCUT2D eigenvalue weighted by Crippen LogP contribution is 2.26. The summed E-state index contributed by atoms with van der Waals surface area (Å²) >= 11 is 0. The Kier molecular flexibility index (Phi) is 5.28. The summed E-state index contributed by atoms with van der Waals surface area (Å²) in [6.45, 7) is 2.48. The summed E-state index contributed by atoms with van der Waals surface area (Å²) in [5.74, 6) is -1.56. The lowest BCUT2D eigenvalue weighted by Gasteiger charge is -2.36. The Labute approximate surface area is 153 Å². The molecule has 1 aromatic heterocycles. The highest BCUT2D eigenvalue weighted by Gasteiger charge is 2.44. The third kappa shape index (κ3) is 3.71. The van der Waals surface area contributed by atoms with Gasteiger partial charge in [0.05, 0.1) is 12.7 Å². The van der Waals surface area contributed by atoms with E-state index in [0.717, 1.165) is 6.07 Å². The summed E-state index contributed by atoms with van der Waals surface area (Å²) < 4.78 is 14.9. The number of likely N-dealkylation sites (tertiary alicyclic amines) is 1. The Balaban J connectivity index is 1.62. The van der Waals surface area contributed by atoms with Crippen LogP contribution in [0.4, 0.5) is 10.7 Å². The van der Waals surface area contributed by atoms with E-state index in [1.54, 1.807) is 6.92 Å². The maximum atomic E-state index is 12.4. The fourth-order valence-corrected chi connectivity index (χ4v) is 3.30. The van der Waals surface area contributed by atoms with Crippen molar-refractivity contribution in [1.29, 1.82) is 0 Å². The Morgan fingerprint density at radius 1 is 1.33 bits per heavy atom. The zero-order chi connectivity index (χ0) is 19.6. The van der Waals surface area contributed by atoms with Gasteiger partial charge in [0.15, 0.2) is 11.8 Å². The molecule has 2 fully saturated rings. The molecule has 1 aromatic rings. The van der Waals surface area contributed by atoms with E-state index < -0.39 is 34.8 Å². The Morgan fingerprint density at radius 2 is 2.04 bits per heavy atom. The van der Waals surface area contributed by atoms with Gasteiger partial charge in [0.1, 0.15) is 11.5 Å². The molecule has 2 aliphatic rings. The van der Waals surface area contributed by atoms with Gasteiger partial charge in [-0.25, -0.2) is 9.59 Å². The Bertz CT molecular complexity index is 753. The van der Waals surface area contributed by atoms with Crippen LogP contribution in [-0.4, -0.2) is 71.1 Å². The van der Waals surface area contributed by atoms with Crippen LogP contribution in [0.1, 0.15) is 30.3 Å². The molecule has 27 heavy (non-hydrogen) atoms. The van der Waals surface area contributed by atoms with Gasteiger partial charge in [-0.1, -0.05) is 0 Å². The molecule has 3 heterocycles.